The molecule has 0 aliphatic heterocycles. The first kappa shape index (κ1) is 12.8. The molecule has 0 spiro atoms. The molecule has 0 aromatic carbocycles. The van der Waals surface area contributed by atoms with E-state index in [1.165, 1.54) is 6.08 Å². The Bertz CT molecular complexity index is 326. The van der Waals surface area contributed by atoms with Crippen molar-refractivity contribution in [2.24, 2.45) is 0 Å². The van der Waals surface area contributed by atoms with Crippen LogP contribution in [0.4, 0.5) is 13.2 Å². The molecule has 0 atom stereocenters. The normalized spacial score (nSPS) is 29.8. The zero-order valence-corrected chi connectivity index (χ0v) is 10.1. The van der Waals surface area contributed by atoms with E-state index in [9.17, 15) is 13.2 Å². The third-order valence-corrected chi connectivity index (χ3v) is 2.83. The fourth-order valence-electron chi connectivity index (χ4n) is 1.18. The van der Waals surface area contributed by atoms with Gasteiger partial charge in [-0.1, -0.05) is 39.7 Å². The molecule has 84 valence electrons. The molecule has 0 aromatic heterocycles. The fourth-order valence-corrected chi connectivity index (χ4v) is 1.91. The molecule has 0 saturated carbocycles. The van der Waals surface area contributed by atoms with Gasteiger partial charge in [-0.3, -0.25) is 0 Å². The van der Waals surface area contributed by atoms with E-state index in [-0.39, 0.29) is 5.03 Å². The van der Waals surface area contributed by atoms with Crippen LogP contribution in [0.25, 0.3) is 0 Å². The predicted molar refractivity (Wildman–Crippen MR) is 58.9 cm³/mol. The lowest BCUT2D eigenvalue weighted by Gasteiger charge is -2.10. The quantitative estimate of drug-likeness (QED) is 0.586. The third-order valence-electron chi connectivity index (χ3n) is 1.92. The summed E-state index contributed by atoms with van der Waals surface area (Å²) in [5.41, 5.74) is -0.797. The van der Waals surface area contributed by atoms with Gasteiger partial charge in [-0.25, -0.2) is 0 Å². The highest BCUT2D eigenvalue weighted by Gasteiger charge is 2.35. The van der Waals surface area contributed by atoms with Crippen LogP contribution in [0, 0.1) is 0 Å². The van der Waals surface area contributed by atoms with Gasteiger partial charge in [-0.05, 0) is 25.3 Å². The number of allylic oxidation sites excluding steroid dienone is 6. The summed E-state index contributed by atoms with van der Waals surface area (Å²) in [6, 6.07) is 0. The second-order valence-corrected chi connectivity index (χ2v) is 4.45. The van der Waals surface area contributed by atoms with E-state index < -0.39 is 11.7 Å². The van der Waals surface area contributed by atoms with Crippen molar-refractivity contribution in [1.82, 2.24) is 0 Å². The van der Waals surface area contributed by atoms with Crippen LogP contribution in [0.5, 0.6) is 0 Å². The van der Waals surface area contributed by atoms with Crippen LogP contribution in [-0.4, -0.2) is 6.18 Å². The zero-order chi connectivity index (χ0) is 11.5. The van der Waals surface area contributed by atoms with Crippen molar-refractivity contribution in [3.63, 3.8) is 0 Å². The van der Waals surface area contributed by atoms with Crippen LogP contribution in [0.15, 0.2) is 33.3 Å². The molecule has 1 aliphatic rings. The summed E-state index contributed by atoms with van der Waals surface area (Å²) in [5.74, 6) is 0. The molecule has 1 rings (SSSR count). The molecule has 0 unspecified atom stereocenters. The molecule has 0 saturated heterocycles. The highest BCUT2D eigenvalue weighted by molar-refractivity contribution is 9.11. The molecule has 15 heavy (non-hydrogen) atoms. The highest BCUT2D eigenvalue weighted by Crippen LogP contribution is 2.35. The first-order valence-electron chi connectivity index (χ1n) is 4.42. The summed E-state index contributed by atoms with van der Waals surface area (Å²) in [6.07, 6.45) is 1.83. The van der Waals surface area contributed by atoms with Gasteiger partial charge < -0.3 is 0 Å². The summed E-state index contributed by atoms with van der Waals surface area (Å²) in [4.78, 5) is 0. The zero-order valence-electron chi connectivity index (χ0n) is 7.74. The minimum Gasteiger partial charge on any atom is -0.166 e. The molecule has 0 nitrogen and oxygen atoms in total. The second kappa shape index (κ2) is 5.21. The number of hydrogen-bond donors (Lipinski definition) is 0. The van der Waals surface area contributed by atoms with Crippen LogP contribution in [0.3, 0.4) is 0 Å². The van der Waals surface area contributed by atoms with Crippen LogP contribution in [0.2, 0.25) is 0 Å². The van der Waals surface area contributed by atoms with Crippen LogP contribution < -0.4 is 0 Å². The standard InChI is InChI=1S/C10H9BrClF3/c11-7-4-2-1-3-5-9(12)8(6-7)10(13,14)15/h4-6H,1-3H2/b7-4+,8-6+,9-5-. The first-order valence-corrected chi connectivity index (χ1v) is 5.59. The maximum absolute atomic E-state index is 12.6. The summed E-state index contributed by atoms with van der Waals surface area (Å²) < 4.78 is 38.1. The van der Waals surface area contributed by atoms with E-state index >= 15 is 0 Å². The molecular weight excluding hydrogens is 292 g/mol. The van der Waals surface area contributed by atoms with Gasteiger partial charge in [0, 0.05) is 9.51 Å². The summed E-state index contributed by atoms with van der Waals surface area (Å²) in [6.45, 7) is 0. The largest absolute Gasteiger partial charge is 0.417 e. The Morgan fingerprint density at radius 1 is 1.20 bits per heavy atom. The molecule has 0 radical (unpaired) electrons. The Morgan fingerprint density at radius 2 is 1.80 bits per heavy atom. The maximum atomic E-state index is 12.6. The van der Waals surface area contributed by atoms with Crippen LogP contribution in [-0.2, 0) is 0 Å². The molecule has 0 heterocycles. The van der Waals surface area contributed by atoms with Gasteiger partial charge in [0.15, 0.2) is 0 Å². The van der Waals surface area contributed by atoms with Crippen molar-refractivity contribution in [2.45, 2.75) is 25.4 Å². The topological polar surface area (TPSA) is 0 Å². The van der Waals surface area contributed by atoms with E-state index in [0.717, 1.165) is 18.9 Å². The van der Waals surface area contributed by atoms with Gasteiger partial charge in [0.25, 0.3) is 0 Å². The second-order valence-electron chi connectivity index (χ2n) is 3.13. The number of hydrogen-bond acceptors (Lipinski definition) is 0. The molecule has 0 bridgehead atoms. The van der Waals surface area contributed by atoms with Crippen LogP contribution >= 0.6 is 27.5 Å². The van der Waals surface area contributed by atoms with E-state index in [0.29, 0.717) is 10.9 Å². The van der Waals surface area contributed by atoms with Gasteiger partial charge in [-0.2, -0.15) is 13.2 Å². The monoisotopic (exact) mass is 300 g/mol. The minimum atomic E-state index is -4.41. The van der Waals surface area contributed by atoms with Crippen molar-refractivity contribution in [1.29, 1.82) is 0 Å². The van der Waals surface area contributed by atoms with Crippen molar-refractivity contribution < 1.29 is 13.2 Å². The SMILES string of the molecule is FC(F)(F)C1=C/C(Br)=C\CCC\C=C\1Cl. The van der Waals surface area contributed by atoms with Gasteiger partial charge in [-0.15, -0.1) is 0 Å². The Morgan fingerprint density at radius 3 is 2.40 bits per heavy atom. The smallest absolute Gasteiger partial charge is 0.166 e. The summed E-state index contributed by atoms with van der Waals surface area (Å²) in [7, 11) is 0. The molecular formula is C10H9BrClF3. The summed E-state index contributed by atoms with van der Waals surface area (Å²) in [5, 5.41) is -0.227. The predicted octanol–water partition coefficient (Wildman–Crippen LogP) is 5.06. The van der Waals surface area contributed by atoms with E-state index in [1.54, 1.807) is 6.08 Å². The van der Waals surface area contributed by atoms with Crippen molar-refractivity contribution in [3.05, 3.63) is 33.3 Å². The number of rotatable bonds is 0. The average molecular weight is 302 g/mol. The maximum Gasteiger partial charge on any atom is 0.417 e. The Hall–Kier alpha value is -0.220. The number of alkyl halides is 3. The van der Waals surface area contributed by atoms with Crippen LogP contribution in [0.1, 0.15) is 19.3 Å². The van der Waals surface area contributed by atoms with Gasteiger partial charge >= 0.3 is 6.18 Å². The lowest BCUT2D eigenvalue weighted by atomic mass is 10.2. The molecule has 0 aromatic rings. The van der Waals surface area contributed by atoms with E-state index in [4.69, 9.17) is 11.6 Å². The van der Waals surface area contributed by atoms with Gasteiger partial charge in [0.05, 0.1) is 5.57 Å². The van der Waals surface area contributed by atoms with E-state index in [2.05, 4.69) is 15.9 Å². The van der Waals surface area contributed by atoms with Crippen molar-refractivity contribution >= 4 is 27.5 Å². The Kier molecular flexibility index (Phi) is 4.46. The Balaban J connectivity index is 3.13. The van der Waals surface area contributed by atoms with Crippen molar-refractivity contribution in [2.75, 3.05) is 0 Å². The highest BCUT2D eigenvalue weighted by atomic mass is 79.9. The third kappa shape index (κ3) is 4.03. The summed E-state index contributed by atoms with van der Waals surface area (Å²) >= 11 is 8.67. The molecule has 5 heteroatoms. The fraction of sp³-hybridized carbons (Fsp3) is 0.400. The average Bonchev–Trinajstić information content (AvgIpc) is 2.17. The van der Waals surface area contributed by atoms with Gasteiger partial charge in [0.2, 0.25) is 0 Å². The molecule has 0 amide bonds. The van der Waals surface area contributed by atoms with Crippen molar-refractivity contribution in [3.8, 4) is 0 Å². The molecule has 1 aliphatic carbocycles. The number of halogens is 5. The lowest BCUT2D eigenvalue weighted by Crippen LogP contribution is -2.12. The lowest BCUT2D eigenvalue weighted by molar-refractivity contribution is -0.0886. The van der Waals surface area contributed by atoms with E-state index in [1.807, 2.05) is 0 Å². The molecule has 0 fully saturated rings. The molecule has 0 N–H and O–H groups in total. The first-order chi connectivity index (χ1) is 6.91. The Labute approximate surface area is 99.6 Å². The van der Waals surface area contributed by atoms with Gasteiger partial charge in [0.1, 0.15) is 0 Å². The minimum absolute atomic E-state index is 0.227.